The molecule has 1 aromatic rings. The molecule has 1 heterocycles. The topological polar surface area (TPSA) is 61.2 Å². The first-order chi connectivity index (χ1) is 8.35. The summed E-state index contributed by atoms with van der Waals surface area (Å²) in [4.78, 5) is 5.05. The minimum Gasteiger partial charge on any atom is -0.497 e. The van der Waals surface area contributed by atoms with Gasteiger partial charge in [-0.15, -0.1) is 0 Å². The second-order valence-electron chi connectivity index (χ2n) is 4.04. The summed E-state index contributed by atoms with van der Waals surface area (Å²) in [6.45, 7) is 2.33. The third-order valence-corrected chi connectivity index (χ3v) is 3.03. The lowest BCUT2D eigenvalue weighted by Gasteiger charge is -2.31. The van der Waals surface area contributed by atoms with Gasteiger partial charge in [-0.1, -0.05) is 5.11 Å². The highest BCUT2D eigenvalue weighted by Gasteiger charge is 2.16. The molecule has 0 saturated heterocycles. The van der Waals surface area contributed by atoms with Gasteiger partial charge in [0.2, 0.25) is 0 Å². The maximum Gasteiger partial charge on any atom is 0.119 e. The largest absolute Gasteiger partial charge is 0.497 e. The van der Waals surface area contributed by atoms with E-state index in [9.17, 15) is 0 Å². The van der Waals surface area contributed by atoms with Crippen LogP contribution in [-0.2, 0) is 6.42 Å². The lowest BCUT2D eigenvalue weighted by atomic mass is 10.0. The van der Waals surface area contributed by atoms with Crippen LogP contribution >= 0.6 is 0 Å². The van der Waals surface area contributed by atoms with Crippen molar-refractivity contribution in [2.24, 2.45) is 5.11 Å². The van der Waals surface area contributed by atoms with Crippen LogP contribution in [0.5, 0.6) is 5.75 Å². The number of nitrogens with zero attached hydrogens (tertiary/aromatic N) is 4. The zero-order valence-electron chi connectivity index (χ0n) is 9.96. The molecule has 0 N–H and O–H groups in total. The van der Waals surface area contributed by atoms with Crippen LogP contribution in [0.25, 0.3) is 10.4 Å². The van der Waals surface area contributed by atoms with Crippen molar-refractivity contribution in [2.45, 2.75) is 12.8 Å². The molecule has 1 aliphatic rings. The standard InChI is InChI=1S/C12H16N4O/c1-17-11-4-5-12-10(9-11)3-2-7-16(12)8-6-14-15-13/h4-5,9H,2-3,6-8H2,1H3. The van der Waals surface area contributed by atoms with Gasteiger partial charge < -0.3 is 9.64 Å². The van der Waals surface area contributed by atoms with Crippen molar-refractivity contribution in [1.82, 2.24) is 0 Å². The van der Waals surface area contributed by atoms with Gasteiger partial charge in [-0.25, -0.2) is 0 Å². The third-order valence-electron chi connectivity index (χ3n) is 3.03. The zero-order valence-corrected chi connectivity index (χ0v) is 9.96. The molecule has 0 unspecified atom stereocenters. The lowest BCUT2D eigenvalue weighted by Crippen LogP contribution is -2.31. The van der Waals surface area contributed by atoms with Crippen molar-refractivity contribution in [3.63, 3.8) is 0 Å². The summed E-state index contributed by atoms with van der Waals surface area (Å²) in [7, 11) is 1.68. The van der Waals surface area contributed by atoms with Crippen LogP contribution in [-0.4, -0.2) is 26.7 Å². The second kappa shape index (κ2) is 5.46. The molecule has 0 atom stereocenters. The van der Waals surface area contributed by atoms with Crippen LogP contribution in [0.4, 0.5) is 5.69 Å². The molecule has 1 aromatic carbocycles. The summed E-state index contributed by atoms with van der Waals surface area (Å²) in [5.41, 5.74) is 10.8. The van der Waals surface area contributed by atoms with E-state index in [1.54, 1.807) is 7.11 Å². The Labute approximate surface area is 101 Å². The number of anilines is 1. The van der Waals surface area contributed by atoms with Crippen LogP contribution < -0.4 is 9.64 Å². The highest BCUT2D eigenvalue weighted by atomic mass is 16.5. The summed E-state index contributed by atoms with van der Waals surface area (Å²) >= 11 is 0. The Morgan fingerprint density at radius 2 is 2.41 bits per heavy atom. The van der Waals surface area contributed by atoms with Crippen molar-refractivity contribution < 1.29 is 4.74 Å². The maximum atomic E-state index is 8.28. The molecule has 0 spiro atoms. The number of hydrogen-bond donors (Lipinski definition) is 0. The summed E-state index contributed by atoms with van der Waals surface area (Å²) in [5.74, 6) is 0.903. The lowest BCUT2D eigenvalue weighted by molar-refractivity contribution is 0.414. The van der Waals surface area contributed by atoms with E-state index in [4.69, 9.17) is 10.3 Å². The maximum absolute atomic E-state index is 8.28. The Kier molecular flexibility index (Phi) is 3.73. The van der Waals surface area contributed by atoms with Gasteiger partial charge in [0.15, 0.2) is 0 Å². The van der Waals surface area contributed by atoms with E-state index >= 15 is 0 Å². The zero-order chi connectivity index (χ0) is 12.1. The number of rotatable bonds is 4. The smallest absolute Gasteiger partial charge is 0.119 e. The Hall–Kier alpha value is -1.87. The van der Waals surface area contributed by atoms with Crippen LogP contribution in [0.1, 0.15) is 12.0 Å². The molecule has 0 amide bonds. The van der Waals surface area contributed by atoms with Crippen LogP contribution in [0.15, 0.2) is 23.3 Å². The van der Waals surface area contributed by atoms with Crippen LogP contribution in [0, 0.1) is 0 Å². The third kappa shape index (κ3) is 2.63. The van der Waals surface area contributed by atoms with Crippen molar-refractivity contribution in [3.8, 4) is 5.75 Å². The molecular formula is C12H16N4O. The van der Waals surface area contributed by atoms with Gasteiger partial charge in [-0.05, 0) is 42.1 Å². The van der Waals surface area contributed by atoms with Crippen molar-refractivity contribution >= 4 is 5.69 Å². The molecule has 90 valence electrons. The van der Waals surface area contributed by atoms with E-state index < -0.39 is 0 Å². The first-order valence-corrected chi connectivity index (χ1v) is 5.78. The van der Waals surface area contributed by atoms with Gasteiger partial charge in [-0.2, -0.15) is 0 Å². The molecule has 2 rings (SSSR count). The monoisotopic (exact) mass is 232 g/mol. The minimum absolute atomic E-state index is 0.516. The molecule has 5 heteroatoms. The van der Waals surface area contributed by atoms with Gasteiger partial charge in [-0.3, -0.25) is 0 Å². The summed E-state index contributed by atoms with van der Waals surface area (Å²) < 4.78 is 5.23. The predicted octanol–water partition coefficient (Wildman–Crippen LogP) is 2.76. The van der Waals surface area contributed by atoms with Gasteiger partial charge in [0.1, 0.15) is 5.75 Å². The average molecular weight is 232 g/mol. The number of benzene rings is 1. The number of fused-ring (bicyclic) bond motifs is 1. The highest BCUT2D eigenvalue weighted by molar-refractivity contribution is 5.58. The predicted molar refractivity (Wildman–Crippen MR) is 67.5 cm³/mol. The molecule has 5 nitrogen and oxygen atoms in total. The van der Waals surface area contributed by atoms with Gasteiger partial charge in [0, 0.05) is 30.2 Å². The Balaban J connectivity index is 2.16. The molecule has 0 saturated carbocycles. The van der Waals surface area contributed by atoms with Gasteiger partial charge in [0.25, 0.3) is 0 Å². The molecule has 0 fully saturated rings. The number of aryl methyl sites for hydroxylation is 1. The summed E-state index contributed by atoms with van der Waals surface area (Å²) in [5, 5.41) is 3.59. The fourth-order valence-electron chi connectivity index (χ4n) is 2.22. The van der Waals surface area contributed by atoms with E-state index in [-0.39, 0.29) is 0 Å². The SMILES string of the molecule is COc1ccc2c(c1)CCCN2CCN=[N+]=[N-]. The molecule has 0 bridgehead atoms. The molecule has 0 aliphatic carbocycles. The van der Waals surface area contributed by atoms with E-state index in [2.05, 4.69) is 27.1 Å². The molecular weight excluding hydrogens is 216 g/mol. The van der Waals surface area contributed by atoms with Crippen LogP contribution in [0.2, 0.25) is 0 Å². The van der Waals surface area contributed by atoms with Gasteiger partial charge >= 0.3 is 0 Å². The second-order valence-corrected chi connectivity index (χ2v) is 4.04. The summed E-state index contributed by atoms with van der Waals surface area (Å²) in [6.07, 6.45) is 2.22. The number of ether oxygens (including phenoxy) is 1. The first-order valence-electron chi connectivity index (χ1n) is 5.78. The number of azide groups is 1. The van der Waals surface area contributed by atoms with Crippen molar-refractivity contribution in [3.05, 3.63) is 34.2 Å². The van der Waals surface area contributed by atoms with Crippen molar-refractivity contribution in [1.29, 1.82) is 0 Å². The Morgan fingerprint density at radius 3 is 3.18 bits per heavy atom. The fourth-order valence-corrected chi connectivity index (χ4v) is 2.22. The molecule has 17 heavy (non-hydrogen) atoms. The normalized spacial score (nSPS) is 13.8. The van der Waals surface area contributed by atoms with E-state index in [0.717, 1.165) is 31.7 Å². The molecule has 0 radical (unpaired) electrons. The molecule has 1 aliphatic heterocycles. The van der Waals surface area contributed by atoms with E-state index in [1.807, 2.05) is 6.07 Å². The number of hydrogen-bond acceptors (Lipinski definition) is 3. The fraction of sp³-hybridized carbons (Fsp3) is 0.500. The van der Waals surface area contributed by atoms with Gasteiger partial charge in [0.05, 0.1) is 7.11 Å². The average Bonchev–Trinajstić information content (AvgIpc) is 2.38. The van der Waals surface area contributed by atoms with E-state index in [1.165, 1.54) is 11.3 Å². The quantitative estimate of drug-likeness (QED) is 0.455. The first kappa shape index (κ1) is 11.6. The highest BCUT2D eigenvalue weighted by Crippen LogP contribution is 2.30. The molecule has 0 aromatic heterocycles. The Morgan fingerprint density at radius 1 is 1.53 bits per heavy atom. The Bertz CT molecular complexity index is 440. The van der Waals surface area contributed by atoms with Crippen molar-refractivity contribution in [2.75, 3.05) is 31.6 Å². The number of methoxy groups -OCH3 is 1. The van der Waals surface area contributed by atoms with E-state index in [0.29, 0.717) is 6.54 Å². The van der Waals surface area contributed by atoms with Crippen LogP contribution in [0.3, 0.4) is 0 Å². The minimum atomic E-state index is 0.516. The summed E-state index contributed by atoms with van der Waals surface area (Å²) in [6, 6.07) is 6.16.